The summed E-state index contributed by atoms with van der Waals surface area (Å²) < 4.78 is 5.94. The summed E-state index contributed by atoms with van der Waals surface area (Å²) in [6, 6.07) is 22.2. The highest BCUT2D eigenvalue weighted by molar-refractivity contribution is 5.38. The number of nitriles is 1. The third-order valence-corrected chi connectivity index (χ3v) is 5.33. The highest BCUT2D eigenvalue weighted by atomic mass is 16.5. The van der Waals surface area contributed by atoms with Gasteiger partial charge in [-0.05, 0) is 48.7 Å². The lowest BCUT2D eigenvalue weighted by molar-refractivity contribution is 0.305. The van der Waals surface area contributed by atoms with E-state index in [1.165, 1.54) is 5.56 Å². The molecule has 30 heavy (non-hydrogen) atoms. The molecule has 1 fully saturated rings. The van der Waals surface area contributed by atoms with Gasteiger partial charge in [-0.1, -0.05) is 30.3 Å². The third kappa shape index (κ3) is 5.13. The first-order valence-corrected chi connectivity index (χ1v) is 10.3. The Morgan fingerprint density at radius 1 is 1.13 bits per heavy atom. The fourth-order valence-corrected chi connectivity index (χ4v) is 3.74. The van der Waals surface area contributed by atoms with E-state index in [9.17, 15) is 5.26 Å². The molecular formula is C24H25N5O. The lowest BCUT2D eigenvalue weighted by Crippen LogP contribution is -2.45. The number of piperidine rings is 1. The van der Waals surface area contributed by atoms with E-state index in [0.29, 0.717) is 18.2 Å². The molecule has 0 aliphatic carbocycles. The van der Waals surface area contributed by atoms with Crippen LogP contribution in [0.1, 0.15) is 29.5 Å². The Kier molecular flexibility index (Phi) is 6.53. The van der Waals surface area contributed by atoms with Crippen LogP contribution in [0.25, 0.3) is 0 Å². The first-order chi connectivity index (χ1) is 14.8. The van der Waals surface area contributed by atoms with Gasteiger partial charge in [0.1, 0.15) is 12.4 Å². The fourth-order valence-electron chi connectivity index (χ4n) is 3.74. The SMILES string of the molecule is N#Cc1ccccc1COc1cccc(CNC2CCCN(c3cccnn3)C2)c1. The van der Waals surface area contributed by atoms with Gasteiger partial charge in [0.2, 0.25) is 0 Å². The highest BCUT2D eigenvalue weighted by Crippen LogP contribution is 2.19. The summed E-state index contributed by atoms with van der Waals surface area (Å²) in [5.74, 6) is 1.75. The van der Waals surface area contributed by atoms with E-state index >= 15 is 0 Å². The predicted octanol–water partition coefficient (Wildman–Crippen LogP) is 3.69. The van der Waals surface area contributed by atoms with Gasteiger partial charge >= 0.3 is 0 Å². The van der Waals surface area contributed by atoms with Crippen LogP contribution < -0.4 is 15.0 Å². The molecule has 1 saturated heterocycles. The van der Waals surface area contributed by atoms with E-state index in [1.807, 2.05) is 48.5 Å². The van der Waals surface area contributed by atoms with Crippen LogP contribution in [0.2, 0.25) is 0 Å². The topological polar surface area (TPSA) is 74.1 Å². The minimum atomic E-state index is 0.385. The average molecular weight is 399 g/mol. The molecule has 0 radical (unpaired) electrons. The molecule has 0 saturated carbocycles. The second-order valence-electron chi connectivity index (χ2n) is 7.45. The van der Waals surface area contributed by atoms with Crippen molar-refractivity contribution in [3.8, 4) is 11.8 Å². The van der Waals surface area contributed by atoms with Crippen molar-refractivity contribution in [2.75, 3.05) is 18.0 Å². The van der Waals surface area contributed by atoms with Crippen LogP contribution in [0.4, 0.5) is 5.82 Å². The second kappa shape index (κ2) is 9.86. The van der Waals surface area contributed by atoms with Gasteiger partial charge in [-0.25, -0.2) is 0 Å². The number of hydrogen-bond acceptors (Lipinski definition) is 6. The Hall–Kier alpha value is -3.43. The van der Waals surface area contributed by atoms with Crippen LogP contribution in [0, 0.1) is 11.3 Å². The lowest BCUT2D eigenvalue weighted by atomic mass is 10.1. The number of anilines is 1. The largest absolute Gasteiger partial charge is 0.489 e. The summed E-state index contributed by atoms with van der Waals surface area (Å²) in [4.78, 5) is 2.29. The van der Waals surface area contributed by atoms with Crippen molar-refractivity contribution in [3.63, 3.8) is 0 Å². The number of benzene rings is 2. The maximum absolute atomic E-state index is 9.22. The normalized spacial score (nSPS) is 16.1. The molecular weight excluding hydrogens is 374 g/mol. The molecule has 1 atom stereocenters. The van der Waals surface area contributed by atoms with Crippen molar-refractivity contribution >= 4 is 5.82 Å². The molecule has 1 N–H and O–H groups in total. The average Bonchev–Trinajstić information content (AvgIpc) is 2.82. The van der Waals surface area contributed by atoms with Gasteiger partial charge in [-0.15, -0.1) is 5.10 Å². The summed E-state index contributed by atoms with van der Waals surface area (Å²) in [5.41, 5.74) is 2.73. The van der Waals surface area contributed by atoms with Crippen LogP contribution >= 0.6 is 0 Å². The Bertz CT molecular complexity index is 1000. The van der Waals surface area contributed by atoms with Crippen molar-refractivity contribution in [3.05, 3.63) is 83.6 Å². The molecule has 4 rings (SSSR count). The van der Waals surface area contributed by atoms with Crippen molar-refractivity contribution in [1.82, 2.24) is 15.5 Å². The number of ether oxygens (including phenoxy) is 1. The molecule has 0 bridgehead atoms. The Morgan fingerprint density at radius 2 is 2.07 bits per heavy atom. The minimum Gasteiger partial charge on any atom is -0.489 e. The second-order valence-corrected chi connectivity index (χ2v) is 7.45. The lowest BCUT2D eigenvalue weighted by Gasteiger charge is -2.33. The molecule has 1 unspecified atom stereocenters. The maximum Gasteiger partial charge on any atom is 0.151 e. The zero-order valence-electron chi connectivity index (χ0n) is 16.9. The number of rotatable bonds is 7. The van der Waals surface area contributed by atoms with E-state index in [2.05, 4.69) is 38.6 Å². The molecule has 0 amide bonds. The molecule has 2 aromatic carbocycles. The fraction of sp³-hybridized carbons (Fsp3) is 0.292. The first kappa shape index (κ1) is 19.9. The molecule has 0 spiro atoms. The number of aromatic nitrogens is 2. The molecule has 1 aliphatic heterocycles. The van der Waals surface area contributed by atoms with Crippen LogP contribution in [0.3, 0.4) is 0 Å². The van der Waals surface area contributed by atoms with Crippen molar-refractivity contribution < 1.29 is 4.74 Å². The zero-order chi connectivity index (χ0) is 20.6. The van der Waals surface area contributed by atoms with Gasteiger partial charge in [0, 0.05) is 37.4 Å². The van der Waals surface area contributed by atoms with E-state index in [-0.39, 0.29) is 0 Å². The molecule has 3 aromatic rings. The number of hydrogen-bond donors (Lipinski definition) is 1. The quantitative estimate of drug-likeness (QED) is 0.653. The van der Waals surface area contributed by atoms with Crippen LogP contribution in [0.5, 0.6) is 5.75 Å². The van der Waals surface area contributed by atoms with Gasteiger partial charge in [0.15, 0.2) is 5.82 Å². The summed E-state index contributed by atoms with van der Waals surface area (Å²) in [6.07, 6.45) is 3.99. The maximum atomic E-state index is 9.22. The molecule has 6 nitrogen and oxygen atoms in total. The van der Waals surface area contributed by atoms with Gasteiger partial charge in [0.05, 0.1) is 11.6 Å². The molecule has 152 valence electrons. The van der Waals surface area contributed by atoms with Gasteiger partial charge in [-0.2, -0.15) is 10.4 Å². The molecule has 1 aromatic heterocycles. The van der Waals surface area contributed by atoms with Gasteiger partial charge in [-0.3, -0.25) is 0 Å². The highest BCUT2D eigenvalue weighted by Gasteiger charge is 2.20. The first-order valence-electron chi connectivity index (χ1n) is 10.3. The molecule has 2 heterocycles. The van der Waals surface area contributed by atoms with Crippen molar-refractivity contribution in [2.45, 2.75) is 32.0 Å². The van der Waals surface area contributed by atoms with Crippen LogP contribution in [-0.4, -0.2) is 29.3 Å². The summed E-state index contributed by atoms with van der Waals surface area (Å²) >= 11 is 0. The molecule has 1 aliphatic rings. The summed E-state index contributed by atoms with van der Waals surface area (Å²) in [7, 11) is 0. The molecule has 6 heteroatoms. The van der Waals surface area contributed by atoms with E-state index in [1.54, 1.807) is 6.20 Å². The third-order valence-electron chi connectivity index (χ3n) is 5.33. The van der Waals surface area contributed by atoms with Gasteiger partial charge in [0.25, 0.3) is 0 Å². The van der Waals surface area contributed by atoms with Crippen molar-refractivity contribution in [2.24, 2.45) is 0 Å². The van der Waals surface area contributed by atoms with E-state index < -0.39 is 0 Å². The van der Waals surface area contributed by atoms with Crippen molar-refractivity contribution in [1.29, 1.82) is 5.26 Å². The number of nitrogens with one attached hydrogen (secondary N) is 1. The minimum absolute atomic E-state index is 0.385. The van der Waals surface area contributed by atoms with Gasteiger partial charge < -0.3 is 15.0 Å². The Morgan fingerprint density at radius 3 is 2.93 bits per heavy atom. The Balaban J connectivity index is 1.32. The number of nitrogens with zero attached hydrogens (tertiary/aromatic N) is 4. The zero-order valence-corrected chi connectivity index (χ0v) is 16.9. The smallest absolute Gasteiger partial charge is 0.151 e. The van der Waals surface area contributed by atoms with E-state index in [0.717, 1.165) is 49.6 Å². The van der Waals surface area contributed by atoms with Crippen LogP contribution in [0.15, 0.2) is 66.9 Å². The van der Waals surface area contributed by atoms with E-state index in [4.69, 9.17) is 4.74 Å². The Labute approximate surface area is 177 Å². The summed E-state index contributed by atoms with van der Waals surface area (Å²) in [6.45, 7) is 3.12. The monoisotopic (exact) mass is 399 g/mol. The van der Waals surface area contributed by atoms with Crippen LogP contribution in [-0.2, 0) is 13.2 Å². The standard InChI is InChI=1S/C24H25N5O/c25-15-20-7-1-2-8-21(20)18-30-23-10-3-6-19(14-23)16-26-22-9-5-13-29(17-22)24-11-4-12-27-28-24/h1-4,6-8,10-12,14,22,26H,5,9,13,16-18H2. The predicted molar refractivity (Wildman–Crippen MR) is 116 cm³/mol. The summed E-state index contributed by atoms with van der Waals surface area (Å²) in [5, 5.41) is 21.1.